The SMILES string of the molecule is CC(N)CCC(=O)NC(C)c1cccc(N2CCCC2)c1.Cl.Cl. The van der Waals surface area contributed by atoms with Gasteiger partial charge in [-0.05, 0) is 50.8 Å². The number of halogens is 2. The molecule has 2 atom stereocenters. The smallest absolute Gasteiger partial charge is 0.220 e. The molecule has 132 valence electrons. The standard InChI is InChI=1S/C17H27N3O.2ClH/c1-13(18)8-9-17(21)19-14(2)15-6-5-7-16(12-15)20-10-3-4-11-20;;/h5-7,12-14H,3-4,8-11,18H2,1-2H3,(H,19,21);2*1H. The van der Waals surface area contributed by atoms with Gasteiger partial charge >= 0.3 is 0 Å². The fraction of sp³-hybridized carbons (Fsp3) is 0.588. The molecule has 1 saturated heterocycles. The third-order valence-electron chi connectivity index (χ3n) is 4.05. The van der Waals surface area contributed by atoms with Crippen LogP contribution in [0.4, 0.5) is 5.69 Å². The summed E-state index contributed by atoms with van der Waals surface area (Å²) in [6, 6.07) is 8.61. The van der Waals surface area contributed by atoms with Gasteiger partial charge in [0.05, 0.1) is 6.04 Å². The summed E-state index contributed by atoms with van der Waals surface area (Å²) in [6.45, 7) is 6.24. The Kier molecular flexibility index (Phi) is 10.3. The van der Waals surface area contributed by atoms with Gasteiger partial charge < -0.3 is 16.0 Å². The Bertz CT molecular complexity index is 477. The van der Waals surface area contributed by atoms with Crippen LogP contribution < -0.4 is 16.0 Å². The molecule has 0 saturated carbocycles. The first-order valence-electron chi connectivity index (χ1n) is 7.96. The van der Waals surface area contributed by atoms with E-state index in [9.17, 15) is 4.79 Å². The summed E-state index contributed by atoms with van der Waals surface area (Å²) in [5, 5.41) is 3.06. The maximum Gasteiger partial charge on any atom is 0.220 e. The quantitative estimate of drug-likeness (QED) is 0.815. The van der Waals surface area contributed by atoms with Gasteiger partial charge in [0.2, 0.25) is 5.91 Å². The number of nitrogens with one attached hydrogen (secondary N) is 1. The molecular formula is C17H29Cl2N3O. The van der Waals surface area contributed by atoms with Crippen LogP contribution in [-0.2, 0) is 4.79 Å². The van der Waals surface area contributed by atoms with Crippen LogP contribution in [0.2, 0.25) is 0 Å². The number of benzene rings is 1. The van der Waals surface area contributed by atoms with Crippen LogP contribution in [0.15, 0.2) is 24.3 Å². The third-order valence-corrected chi connectivity index (χ3v) is 4.05. The Labute approximate surface area is 152 Å². The number of rotatable bonds is 6. The molecule has 2 unspecified atom stereocenters. The Hall–Kier alpha value is -0.970. The maximum atomic E-state index is 11.9. The van der Waals surface area contributed by atoms with Gasteiger partial charge in [0.15, 0.2) is 0 Å². The second-order valence-corrected chi connectivity index (χ2v) is 6.09. The lowest BCUT2D eigenvalue weighted by molar-refractivity contribution is -0.121. The summed E-state index contributed by atoms with van der Waals surface area (Å²) in [6.07, 6.45) is 3.77. The molecule has 0 aliphatic carbocycles. The van der Waals surface area contributed by atoms with Crippen molar-refractivity contribution in [3.05, 3.63) is 29.8 Å². The molecule has 1 heterocycles. The minimum Gasteiger partial charge on any atom is -0.372 e. The molecule has 4 nitrogen and oxygen atoms in total. The Morgan fingerprint density at radius 2 is 1.91 bits per heavy atom. The van der Waals surface area contributed by atoms with Crippen molar-refractivity contribution in [1.29, 1.82) is 0 Å². The lowest BCUT2D eigenvalue weighted by Gasteiger charge is -2.21. The highest BCUT2D eigenvalue weighted by molar-refractivity contribution is 5.85. The van der Waals surface area contributed by atoms with E-state index in [0.29, 0.717) is 6.42 Å². The summed E-state index contributed by atoms with van der Waals surface area (Å²) in [5.74, 6) is 0.0753. The molecule has 0 aromatic heterocycles. The van der Waals surface area contributed by atoms with Crippen LogP contribution in [-0.4, -0.2) is 25.0 Å². The normalized spacial score (nSPS) is 16.0. The zero-order valence-electron chi connectivity index (χ0n) is 14.0. The monoisotopic (exact) mass is 361 g/mol. The zero-order valence-corrected chi connectivity index (χ0v) is 15.6. The van der Waals surface area contributed by atoms with Crippen molar-refractivity contribution in [2.75, 3.05) is 18.0 Å². The van der Waals surface area contributed by atoms with Crippen LogP contribution in [0.25, 0.3) is 0 Å². The van der Waals surface area contributed by atoms with Gasteiger partial charge in [0.25, 0.3) is 0 Å². The van der Waals surface area contributed by atoms with E-state index >= 15 is 0 Å². The summed E-state index contributed by atoms with van der Waals surface area (Å²) in [5.41, 5.74) is 8.11. The van der Waals surface area contributed by atoms with Crippen molar-refractivity contribution < 1.29 is 4.79 Å². The van der Waals surface area contributed by atoms with Crippen molar-refractivity contribution in [3.63, 3.8) is 0 Å². The second kappa shape index (κ2) is 10.7. The van der Waals surface area contributed by atoms with Gasteiger partial charge in [-0.25, -0.2) is 0 Å². The number of carbonyl (C=O) groups excluding carboxylic acids is 1. The number of hydrogen-bond donors (Lipinski definition) is 2. The first-order valence-corrected chi connectivity index (χ1v) is 7.96. The van der Waals surface area contributed by atoms with Crippen LogP contribution in [0, 0.1) is 0 Å². The molecule has 0 bridgehead atoms. The second-order valence-electron chi connectivity index (χ2n) is 6.09. The van der Waals surface area contributed by atoms with E-state index < -0.39 is 0 Å². The van der Waals surface area contributed by atoms with Crippen LogP contribution in [0.1, 0.15) is 51.1 Å². The average Bonchev–Trinajstić information content (AvgIpc) is 2.99. The van der Waals surface area contributed by atoms with Gasteiger partial charge in [0.1, 0.15) is 0 Å². The largest absolute Gasteiger partial charge is 0.372 e. The van der Waals surface area contributed by atoms with Crippen molar-refractivity contribution in [2.45, 2.75) is 51.6 Å². The molecule has 3 N–H and O–H groups in total. The molecule has 1 aromatic rings. The fourth-order valence-corrected chi connectivity index (χ4v) is 2.72. The average molecular weight is 362 g/mol. The lowest BCUT2D eigenvalue weighted by Crippen LogP contribution is -2.28. The number of carbonyl (C=O) groups is 1. The van der Waals surface area contributed by atoms with E-state index in [1.165, 1.54) is 18.5 Å². The molecule has 1 fully saturated rings. The number of nitrogens with zero attached hydrogens (tertiary/aromatic N) is 1. The van der Waals surface area contributed by atoms with Gasteiger partial charge in [-0.2, -0.15) is 0 Å². The summed E-state index contributed by atoms with van der Waals surface area (Å²) in [4.78, 5) is 14.3. The predicted molar refractivity (Wildman–Crippen MR) is 102 cm³/mol. The van der Waals surface area contributed by atoms with E-state index in [2.05, 4.69) is 34.5 Å². The lowest BCUT2D eigenvalue weighted by atomic mass is 10.1. The van der Waals surface area contributed by atoms with Crippen molar-refractivity contribution >= 4 is 36.4 Å². The van der Waals surface area contributed by atoms with Crippen molar-refractivity contribution in [2.24, 2.45) is 5.73 Å². The first-order chi connectivity index (χ1) is 10.1. The van der Waals surface area contributed by atoms with E-state index in [4.69, 9.17) is 5.73 Å². The molecule has 0 radical (unpaired) electrons. The zero-order chi connectivity index (χ0) is 15.2. The molecule has 1 aromatic carbocycles. The number of amides is 1. The van der Waals surface area contributed by atoms with E-state index in [-0.39, 0.29) is 42.8 Å². The Morgan fingerprint density at radius 3 is 2.52 bits per heavy atom. The van der Waals surface area contributed by atoms with E-state index in [1.807, 2.05) is 13.8 Å². The minimum absolute atomic E-state index is 0. The van der Waals surface area contributed by atoms with E-state index in [0.717, 1.165) is 25.1 Å². The molecule has 0 spiro atoms. The van der Waals surface area contributed by atoms with Gasteiger partial charge in [-0.3, -0.25) is 4.79 Å². The molecule has 1 aliphatic heterocycles. The topological polar surface area (TPSA) is 58.4 Å². The molecule has 23 heavy (non-hydrogen) atoms. The highest BCUT2D eigenvalue weighted by Gasteiger charge is 2.15. The summed E-state index contributed by atoms with van der Waals surface area (Å²) < 4.78 is 0. The third kappa shape index (κ3) is 6.98. The molecular weight excluding hydrogens is 333 g/mol. The summed E-state index contributed by atoms with van der Waals surface area (Å²) >= 11 is 0. The molecule has 6 heteroatoms. The van der Waals surface area contributed by atoms with Crippen molar-refractivity contribution in [3.8, 4) is 0 Å². The minimum atomic E-state index is 0. The first kappa shape index (κ1) is 22.0. The molecule has 1 aliphatic rings. The maximum absolute atomic E-state index is 11.9. The molecule has 1 amide bonds. The van der Waals surface area contributed by atoms with Crippen molar-refractivity contribution in [1.82, 2.24) is 5.32 Å². The van der Waals surface area contributed by atoms with Crippen LogP contribution >= 0.6 is 24.8 Å². The highest BCUT2D eigenvalue weighted by Crippen LogP contribution is 2.24. The van der Waals surface area contributed by atoms with Gasteiger partial charge in [0, 0.05) is 31.2 Å². The fourth-order valence-electron chi connectivity index (χ4n) is 2.72. The Balaban J connectivity index is 0.00000242. The predicted octanol–water partition coefficient (Wildman–Crippen LogP) is 3.44. The Morgan fingerprint density at radius 1 is 1.26 bits per heavy atom. The summed E-state index contributed by atoms with van der Waals surface area (Å²) in [7, 11) is 0. The van der Waals surface area contributed by atoms with Crippen LogP contribution in [0.5, 0.6) is 0 Å². The number of anilines is 1. The number of hydrogen-bond acceptors (Lipinski definition) is 3. The number of nitrogens with two attached hydrogens (primary N) is 1. The highest BCUT2D eigenvalue weighted by atomic mass is 35.5. The van der Waals surface area contributed by atoms with Gasteiger partial charge in [-0.15, -0.1) is 24.8 Å². The van der Waals surface area contributed by atoms with E-state index in [1.54, 1.807) is 0 Å². The molecule has 2 rings (SSSR count). The van der Waals surface area contributed by atoms with Gasteiger partial charge in [-0.1, -0.05) is 12.1 Å². The van der Waals surface area contributed by atoms with Crippen LogP contribution in [0.3, 0.4) is 0 Å².